The van der Waals surface area contributed by atoms with Crippen LogP contribution in [-0.2, 0) is 9.59 Å². The number of likely N-dealkylation sites (N-methyl/N-ethyl adjacent to an activating group) is 1. The fraction of sp³-hybridized carbons (Fsp3) is 0.857. The summed E-state index contributed by atoms with van der Waals surface area (Å²) in [5.74, 6) is 0.563. The van der Waals surface area contributed by atoms with Gasteiger partial charge in [0, 0.05) is 38.5 Å². The lowest BCUT2D eigenvalue weighted by Crippen LogP contribution is -2.59. The Morgan fingerprint density at radius 2 is 1.94 bits per heavy atom. The van der Waals surface area contributed by atoms with Crippen LogP contribution in [0, 0.1) is 0 Å². The molecular weight excluding hydrogens is 228 g/mol. The molecule has 1 amide bonds. The average molecular weight is 252 g/mol. The number of hydrogen-bond donors (Lipinski definition) is 0. The predicted octanol–water partition coefficient (Wildman–Crippen LogP) is 1.44. The summed E-state index contributed by atoms with van der Waals surface area (Å²) < 4.78 is 0. The molecule has 0 spiro atoms. The number of hydrogen-bond acceptors (Lipinski definition) is 3. The standard InChI is InChI=1S/C14H24N2O2/c1-4-15(3)14(18)10(2)16-11-6-5-7-12(16)9-13(17)8-11/h10-12H,4-9H2,1-3H3. The van der Waals surface area contributed by atoms with E-state index in [0.29, 0.717) is 30.7 Å². The summed E-state index contributed by atoms with van der Waals surface area (Å²) in [4.78, 5) is 28.1. The molecule has 2 rings (SSSR count). The number of nitrogens with zero attached hydrogens (tertiary/aromatic N) is 2. The fourth-order valence-electron chi connectivity index (χ4n) is 3.44. The Kier molecular flexibility index (Phi) is 4.05. The average Bonchev–Trinajstić information content (AvgIpc) is 2.35. The first-order valence-corrected chi connectivity index (χ1v) is 7.08. The maximum atomic E-state index is 12.3. The molecule has 2 bridgehead atoms. The second-order valence-corrected chi connectivity index (χ2v) is 5.66. The Hall–Kier alpha value is -0.900. The summed E-state index contributed by atoms with van der Waals surface area (Å²) in [5, 5.41) is 0. The molecule has 2 aliphatic rings. The first kappa shape index (κ1) is 13.5. The van der Waals surface area contributed by atoms with Crippen LogP contribution in [0.4, 0.5) is 0 Å². The molecule has 0 aromatic rings. The van der Waals surface area contributed by atoms with Crippen LogP contribution in [0.1, 0.15) is 46.0 Å². The van der Waals surface area contributed by atoms with E-state index in [1.54, 1.807) is 4.90 Å². The molecule has 3 atom stereocenters. The number of rotatable bonds is 3. The summed E-state index contributed by atoms with van der Waals surface area (Å²) in [5.41, 5.74) is 0. The maximum Gasteiger partial charge on any atom is 0.239 e. The van der Waals surface area contributed by atoms with Gasteiger partial charge in [-0.25, -0.2) is 0 Å². The highest BCUT2D eigenvalue weighted by Crippen LogP contribution is 2.34. The molecule has 4 nitrogen and oxygen atoms in total. The van der Waals surface area contributed by atoms with Crippen LogP contribution in [-0.4, -0.2) is 53.2 Å². The summed E-state index contributed by atoms with van der Waals surface area (Å²) in [6.07, 6.45) is 4.61. The first-order chi connectivity index (χ1) is 8.54. The number of amides is 1. The van der Waals surface area contributed by atoms with Crippen LogP contribution in [0.2, 0.25) is 0 Å². The van der Waals surface area contributed by atoms with Gasteiger partial charge in [0.2, 0.25) is 5.91 Å². The van der Waals surface area contributed by atoms with Crippen molar-refractivity contribution in [1.29, 1.82) is 0 Å². The molecule has 0 saturated carbocycles. The molecule has 4 heteroatoms. The van der Waals surface area contributed by atoms with E-state index >= 15 is 0 Å². The van der Waals surface area contributed by atoms with Gasteiger partial charge in [0.15, 0.2) is 0 Å². The van der Waals surface area contributed by atoms with E-state index in [4.69, 9.17) is 0 Å². The SMILES string of the molecule is CCN(C)C(=O)C(C)N1C2CCCC1CC(=O)C2. The van der Waals surface area contributed by atoms with Gasteiger partial charge in [-0.1, -0.05) is 6.42 Å². The van der Waals surface area contributed by atoms with E-state index < -0.39 is 0 Å². The second kappa shape index (κ2) is 5.39. The van der Waals surface area contributed by atoms with Crippen LogP contribution >= 0.6 is 0 Å². The van der Waals surface area contributed by atoms with E-state index in [0.717, 1.165) is 19.4 Å². The Morgan fingerprint density at radius 3 is 2.44 bits per heavy atom. The first-order valence-electron chi connectivity index (χ1n) is 7.08. The molecule has 0 aromatic heterocycles. The van der Waals surface area contributed by atoms with Gasteiger partial charge < -0.3 is 4.90 Å². The summed E-state index contributed by atoms with van der Waals surface area (Å²) in [7, 11) is 1.85. The van der Waals surface area contributed by atoms with Gasteiger partial charge in [0.05, 0.1) is 6.04 Å². The van der Waals surface area contributed by atoms with Crippen molar-refractivity contribution < 1.29 is 9.59 Å². The van der Waals surface area contributed by atoms with Crippen LogP contribution in [0.3, 0.4) is 0 Å². The van der Waals surface area contributed by atoms with Gasteiger partial charge in [-0.15, -0.1) is 0 Å². The molecule has 2 saturated heterocycles. The molecule has 2 aliphatic heterocycles. The molecule has 3 unspecified atom stereocenters. The van der Waals surface area contributed by atoms with Crippen molar-refractivity contribution in [3.05, 3.63) is 0 Å². The third-order valence-electron chi connectivity index (χ3n) is 4.50. The van der Waals surface area contributed by atoms with Crippen LogP contribution in [0.25, 0.3) is 0 Å². The van der Waals surface area contributed by atoms with Gasteiger partial charge >= 0.3 is 0 Å². The van der Waals surface area contributed by atoms with Crippen LogP contribution < -0.4 is 0 Å². The zero-order valence-electron chi connectivity index (χ0n) is 11.7. The van der Waals surface area contributed by atoms with E-state index in [-0.39, 0.29) is 11.9 Å². The number of carbonyl (C=O) groups excluding carboxylic acids is 2. The fourth-order valence-corrected chi connectivity index (χ4v) is 3.44. The van der Waals surface area contributed by atoms with Gasteiger partial charge in [-0.3, -0.25) is 14.5 Å². The van der Waals surface area contributed by atoms with Crippen molar-refractivity contribution in [2.75, 3.05) is 13.6 Å². The molecule has 18 heavy (non-hydrogen) atoms. The van der Waals surface area contributed by atoms with Crippen molar-refractivity contribution in [2.45, 2.75) is 64.1 Å². The summed E-state index contributed by atoms with van der Waals surface area (Å²) in [6, 6.07) is 0.516. The van der Waals surface area contributed by atoms with Gasteiger partial charge in [0.1, 0.15) is 5.78 Å². The third kappa shape index (κ3) is 2.44. The van der Waals surface area contributed by atoms with Crippen molar-refractivity contribution in [1.82, 2.24) is 9.80 Å². The zero-order valence-corrected chi connectivity index (χ0v) is 11.7. The number of carbonyl (C=O) groups is 2. The predicted molar refractivity (Wildman–Crippen MR) is 70.3 cm³/mol. The molecule has 102 valence electrons. The molecule has 0 N–H and O–H groups in total. The molecule has 0 aliphatic carbocycles. The lowest BCUT2D eigenvalue weighted by molar-refractivity contribution is -0.143. The molecule has 0 radical (unpaired) electrons. The number of piperidine rings is 2. The summed E-state index contributed by atoms with van der Waals surface area (Å²) >= 11 is 0. The Balaban J connectivity index is 2.12. The van der Waals surface area contributed by atoms with Crippen molar-refractivity contribution >= 4 is 11.7 Å². The van der Waals surface area contributed by atoms with Gasteiger partial charge in [-0.05, 0) is 26.7 Å². The molecule has 2 heterocycles. The highest BCUT2D eigenvalue weighted by Gasteiger charge is 2.42. The second-order valence-electron chi connectivity index (χ2n) is 5.66. The number of ketones is 1. The zero-order chi connectivity index (χ0) is 13.3. The monoisotopic (exact) mass is 252 g/mol. The minimum atomic E-state index is -0.0849. The highest BCUT2D eigenvalue weighted by molar-refractivity contribution is 5.83. The Bertz CT molecular complexity index is 327. The van der Waals surface area contributed by atoms with E-state index in [2.05, 4.69) is 4.90 Å². The lowest BCUT2D eigenvalue weighted by atomic mass is 9.82. The molecule has 0 aromatic carbocycles. The normalized spacial score (nSPS) is 30.1. The number of fused-ring (bicyclic) bond motifs is 2. The van der Waals surface area contributed by atoms with Crippen molar-refractivity contribution in [3.8, 4) is 0 Å². The largest absolute Gasteiger partial charge is 0.345 e. The molecular formula is C14H24N2O2. The smallest absolute Gasteiger partial charge is 0.239 e. The third-order valence-corrected chi connectivity index (χ3v) is 4.50. The van der Waals surface area contributed by atoms with Gasteiger partial charge in [-0.2, -0.15) is 0 Å². The van der Waals surface area contributed by atoms with E-state index in [9.17, 15) is 9.59 Å². The van der Waals surface area contributed by atoms with Crippen molar-refractivity contribution in [2.24, 2.45) is 0 Å². The maximum absolute atomic E-state index is 12.3. The van der Waals surface area contributed by atoms with Crippen LogP contribution in [0.15, 0.2) is 0 Å². The topological polar surface area (TPSA) is 40.6 Å². The minimum Gasteiger partial charge on any atom is -0.345 e. The Labute approximate surface area is 109 Å². The molecule has 2 fully saturated rings. The van der Waals surface area contributed by atoms with Gasteiger partial charge in [0.25, 0.3) is 0 Å². The highest BCUT2D eigenvalue weighted by atomic mass is 16.2. The quantitative estimate of drug-likeness (QED) is 0.763. The number of Topliss-reactive ketones (excluding diaryl/α,β-unsaturated/α-hetero) is 1. The van der Waals surface area contributed by atoms with Crippen LogP contribution in [0.5, 0.6) is 0 Å². The summed E-state index contributed by atoms with van der Waals surface area (Å²) in [6.45, 7) is 4.73. The van der Waals surface area contributed by atoms with E-state index in [1.165, 1.54) is 6.42 Å². The lowest BCUT2D eigenvalue weighted by Gasteiger charge is -2.48. The van der Waals surface area contributed by atoms with E-state index in [1.807, 2.05) is 20.9 Å². The van der Waals surface area contributed by atoms with Crippen molar-refractivity contribution in [3.63, 3.8) is 0 Å². The Morgan fingerprint density at radius 1 is 1.39 bits per heavy atom. The minimum absolute atomic E-state index is 0.0849.